The molecule has 1 unspecified atom stereocenters. The summed E-state index contributed by atoms with van der Waals surface area (Å²) in [5.41, 5.74) is 0. The fourth-order valence-corrected chi connectivity index (χ4v) is 1.42. The quantitative estimate of drug-likeness (QED) is 0.649. The van der Waals surface area contributed by atoms with E-state index in [1.807, 2.05) is 20.8 Å². The maximum Gasteiger partial charge on any atom is 0.197 e. The lowest BCUT2D eigenvalue weighted by atomic mass is 10.6. The Morgan fingerprint density at radius 3 is 2.00 bits per heavy atom. The van der Waals surface area contributed by atoms with Crippen LogP contribution in [0.3, 0.4) is 0 Å². The molecule has 80 valence electrons. The summed E-state index contributed by atoms with van der Waals surface area (Å²) in [7, 11) is 0. The van der Waals surface area contributed by atoms with Gasteiger partial charge in [-0.3, -0.25) is 0 Å². The van der Waals surface area contributed by atoms with Gasteiger partial charge in [-0.05, 0) is 20.8 Å². The maximum atomic E-state index is 5.50. The molecule has 0 aromatic rings. The molecular weight excluding hydrogens is 170 g/mol. The summed E-state index contributed by atoms with van der Waals surface area (Å²) in [6, 6.07) is 0. The van der Waals surface area contributed by atoms with Crippen LogP contribution in [0, 0.1) is 0 Å². The summed E-state index contributed by atoms with van der Waals surface area (Å²) in [5, 5.41) is 0. The SMILES string of the molecule is CCOC1CC1(OCC)OCC.N. The Morgan fingerprint density at radius 1 is 1.08 bits per heavy atom. The third-order valence-electron chi connectivity index (χ3n) is 1.95. The van der Waals surface area contributed by atoms with Crippen molar-refractivity contribution in [3.63, 3.8) is 0 Å². The highest BCUT2D eigenvalue weighted by atomic mass is 16.7. The first-order chi connectivity index (χ1) is 5.79. The van der Waals surface area contributed by atoms with Crippen LogP contribution in [0.1, 0.15) is 27.2 Å². The summed E-state index contributed by atoms with van der Waals surface area (Å²) in [6.45, 7) is 8.03. The molecule has 0 radical (unpaired) electrons. The zero-order chi connectivity index (χ0) is 9.03. The average Bonchev–Trinajstić information content (AvgIpc) is 2.66. The lowest BCUT2D eigenvalue weighted by molar-refractivity contribution is -0.186. The van der Waals surface area contributed by atoms with Crippen molar-refractivity contribution in [2.75, 3.05) is 19.8 Å². The van der Waals surface area contributed by atoms with Crippen LogP contribution in [0.4, 0.5) is 0 Å². The zero-order valence-corrected chi connectivity index (χ0v) is 8.84. The molecule has 13 heavy (non-hydrogen) atoms. The number of ether oxygens (including phenoxy) is 3. The second-order valence-corrected chi connectivity index (χ2v) is 2.83. The summed E-state index contributed by atoms with van der Waals surface area (Å²) in [6.07, 6.45) is 1.03. The van der Waals surface area contributed by atoms with Gasteiger partial charge in [0.25, 0.3) is 0 Å². The Bertz CT molecular complexity index is 135. The molecule has 4 nitrogen and oxygen atoms in total. The molecule has 3 N–H and O–H groups in total. The molecule has 0 saturated heterocycles. The molecule has 0 aromatic carbocycles. The number of hydrogen-bond acceptors (Lipinski definition) is 4. The lowest BCUT2D eigenvalue weighted by Crippen LogP contribution is -2.25. The second-order valence-electron chi connectivity index (χ2n) is 2.83. The van der Waals surface area contributed by atoms with E-state index in [0.717, 1.165) is 13.0 Å². The minimum atomic E-state index is -0.403. The highest BCUT2D eigenvalue weighted by Crippen LogP contribution is 2.43. The molecule has 1 saturated carbocycles. The molecule has 0 heterocycles. The van der Waals surface area contributed by atoms with E-state index in [-0.39, 0.29) is 12.3 Å². The van der Waals surface area contributed by atoms with Crippen LogP contribution in [0.15, 0.2) is 0 Å². The first-order valence-corrected chi connectivity index (χ1v) is 4.68. The van der Waals surface area contributed by atoms with Gasteiger partial charge in [-0.1, -0.05) is 0 Å². The molecule has 1 aliphatic rings. The van der Waals surface area contributed by atoms with Gasteiger partial charge in [0, 0.05) is 26.2 Å². The van der Waals surface area contributed by atoms with E-state index >= 15 is 0 Å². The van der Waals surface area contributed by atoms with Crippen molar-refractivity contribution < 1.29 is 14.2 Å². The third kappa shape index (κ3) is 2.91. The molecule has 0 spiro atoms. The van der Waals surface area contributed by atoms with Crippen LogP contribution in [-0.4, -0.2) is 31.7 Å². The van der Waals surface area contributed by atoms with Gasteiger partial charge in [0.05, 0.1) is 0 Å². The fraction of sp³-hybridized carbons (Fsp3) is 1.00. The van der Waals surface area contributed by atoms with Crippen molar-refractivity contribution in [1.82, 2.24) is 6.15 Å². The topological polar surface area (TPSA) is 62.7 Å². The minimum absolute atomic E-state index is 0. The van der Waals surface area contributed by atoms with Crippen LogP contribution in [-0.2, 0) is 14.2 Å². The Hall–Kier alpha value is -0.160. The maximum absolute atomic E-state index is 5.50. The van der Waals surface area contributed by atoms with Crippen molar-refractivity contribution in [2.45, 2.75) is 39.1 Å². The van der Waals surface area contributed by atoms with E-state index in [0.29, 0.717) is 13.2 Å². The first kappa shape index (κ1) is 12.8. The van der Waals surface area contributed by atoms with Gasteiger partial charge >= 0.3 is 0 Å². The Kier molecular flexibility index (Phi) is 5.48. The van der Waals surface area contributed by atoms with Crippen LogP contribution in [0.5, 0.6) is 0 Å². The number of hydrogen-bond donors (Lipinski definition) is 1. The molecular formula is C9H21NO3. The summed E-state index contributed by atoms with van der Waals surface area (Å²) >= 11 is 0. The minimum Gasteiger partial charge on any atom is -0.373 e. The van der Waals surface area contributed by atoms with Crippen molar-refractivity contribution in [3.05, 3.63) is 0 Å². The van der Waals surface area contributed by atoms with Crippen LogP contribution < -0.4 is 6.15 Å². The zero-order valence-electron chi connectivity index (χ0n) is 8.84. The van der Waals surface area contributed by atoms with Gasteiger partial charge in [0.1, 0.15) is 6.10 Å². The van der Waals surface area contributed by atoms with Crippen molar-refractivity contribution >= 4 is 0 Å². The summed E-state index contributed by atoms with van der Waals surface area (Å²) < 4.78 is 16.4. The highest BCUT2D eigenvalue weighted by Gasteiger charge is 2.58. The highest BCUT2D eigenvalue weighted by molar-refractivity contribution is 4.99. The Balaban J connectivity index is 0.00000144. The van der Waals surface area contributed by atoms with E-state index in [1.54, 1.807) is 0 Å². The normalized spacial score (nSPS) is 23.8. The van der Waals surface area contributed by atoms with E-state index < -0.39 is 5.79 Å². The largest absolute Gasteiger partial charge is 0.373 e. The molecule has 0 aromatic heterocycles. The molecule has 1 atom stereocenters. The summed E-state index contributed by atoms with van der Waals surface area (Å²) in [5.74, 6) is -0.403. The van der Waals surface area contributed by atoms with Crippen LogP contribution in [0.25, 0.3) is 0 Å². The van der Waals surface area contributed by atoms with Crippen LogP contribution >= 0.6 is 0 Å². The van der Waals surface area contributed by atoms with Gasteiger partial charge in [-0.2, -0.15) is 0 Å². The predicted molar refractivity (Wildman–Crippen MR) is 51.0 cm³/mol. The Labute approximate surface area is 80.1 Å². The molecule has 4 heteroatoms. The fourth-order valence-electron chi connectivity index (χ4n) is 1.42. The van der Waals surface area contributed by atoms with E-state index in [4.69, 9.17) is 14.2 Å². The molecule has 0 bridgehead atoms. The van der Waals surface area contributed by atoms with Gasteiger partial charge in [0.2, 0.25) is 0 Å². The van der Waals surface area contributed by atoms with Crippen LogP contribution in [0.2, 0.25) is 0 Å². The molecule has 0 aliphatic heterocycles. The molecule has 1 aliphatic carbocycles. The standard InChI is InChI=1S/C9H18O3.H3N/c1-4-10-8-7-9(8,11-5-2)12-6-3;/h8H,4-7H2,1-3H3;1H3. The molecule has 1 fully saturated rings. The number of rotatable bonds is 6. The molecule has 1 rings (SSSR count). The van der Waals surface area contributed by atoms with E-state index in [1.165, 1.54) is 0 Å². The van der Waals surface area contributed by atoms with E-state index in [2.05, 4.69) is 0 Å². The van der Waals surface area contributed by atoms with Crippen molar-refractivity contribution in [2.24, 2.45) is 0 Å². The lowest BCUT2D eigenvalue weighted by Gasteiger charge is -2.16. The van der Waals surface area contributed by atoms with Gasteiger partial charge in [-0.15, -0.1) is 0 Å². The average molecular weight is 191 g/mol. The third-order valence-corrected chi connectivity index (χ3v) is 1.95. The van der Waals surface area contributed by atoms with Gasteiger partial charge in [0.15, 0.2) is 5.79 Å². The first-order valence-electron chi connectivity index (χ1n) is 4.68. The second kappa shape index (κ2) is 5.54. The Morgan fingerprint density at radius 2 is 1.62 bits per heavy atom. The summed E-state index contributed by atoms with van der Waals surface area (Å²) in [4.78, 5) is 0. The van der Waals surface area contributed by atoms with Gasteiger partial charge < -0.3 is 20.4 Å². The van der Waals surface area contributed by atoms with Crippen molar-refractivity contribution in [1.29, 1.82) is 0 Å². The monoisotopic (exact) mass is 191 g/mol. The predicted octanol–water partition coefficient (Wildman–Crippen LogP) is 1.73. The smallest absolute Gasteiger partial charge is 0.197 e. The molecule has 0 amide bonds. The van der Waals surface area contributed by atoms with Crippen molar-refractivity contribution in [3.8, 4) is 0 Å². The van der Waals surface area contributed by atoms with E-state index in [9.17, 15) is 0 Å². The van der Waals surface area contributed by atoms with Gasteiger partial charge in [-0.25, -0.2) is 0 Å².